The third kappa shape index (κ3) is 5.61. The number of nitrogens with one attached hydrogen (secondary N) is 2. The van der Waals surface area contributed by atoms with Gasteiger partial charge in [0.15, 0.2) is 0 Å². The van der Waals surface area contributed by atoms with Crippen LogP contribution in [0.4, 0.5) is 5.69 Å². The van der Waals surface area contributed by atoms with Crippen LogP contribution in [-0.2, 0) is 9.59 Å². The lowest BCUT2D eigenvalue weighted by molar-refractivity contribution is -0.136. The summed E-state index contributed by atoms with van der Waals surface area (Å²) in [5.74, 6) is -0.969. The average molecular weight is 483 g/mol. The minimum atomic E-state index is -0.855. The molecule has 1 heterocycles. The Hall–Kier alpha value is -3.39. The number of hydrogen-bond acceptors (Lipinski definition) is 4. The van der Waals surface area contributed by atoms with Crippen LogP contribution in [0.2, 0.25) is 0 Å². The first-order chi connectivity index (χ1) is 14.9. The molecule has 0 saturated carbocycles. The molecule has 31 heavy (non-hydrogen) atoms. The number of benzene rings is 2. The molecule has 0 fully saturated rings. The number of hydrazone groups is 1. The third-order valence-corrected chi connectivity index (χ3v) is 5.08. The molecule has 2 aromatic carbocycles. The fraction of sp³-hybridized carbons (Fsp3) is 0.174. The van der Waals surface area contributed by atoms with E-state index in [9.17, 15) is 9.59 Å². The predicted octanol–water partition coefficient (Wildman–Crippen LogP) is 4.34. The summed E-state index contributed by atoms with van der Waals surface area (Å²) in [5, 5.41) is 6.46. The summed E-state index contributed by atoms with van der Waals surface area (Å²) in [4.78, 5) is 24.1. The fourth-order valence-corrected chi connectivity index (χ4v) is 3.37. The Kier molecular flexibility index (Phi) is 7.25. The van der Waals surface area contributed by atoms with Gasteiger partial charge in [-0.3, -0.25) is 9.59 Å². The van der Waals surface area contributed by atoms with Gasteiger partial charge in [0.25, 0.3) is 0 Å². The van der Waals surface area contributed by atoms with E-state index in [0.29, 0.717) is 18.0 Å². The van der Waals surface area contributed by atoms with E-state index in [0.717, 1.165) is 27.1 Å². The first-order valence-corrected chi connectivity index (χ1v) is 10.5. The van der Waals surface area contributed by atoms with Crippen LogP contribution in [-0.4, -0.2) is 29.2 Å². The molecule has 8 heteroatoms. The van der Waals surface area contributed by atoms with E-state index in [1.54, 1.807) is 24.3 Å². The molecule has 0 radical (unpaired) electrons. The molecule has 0 atom stereocenters. The lowest BCUT2D eigenvalue weighted by Gasteiger charge is -2.09. The van der Waals surface area contributed by atoms with Gasteiger partial charge in [0.1, 0.15) is 5.75 Å². The van der Waals surface area contributed by atoms with Crippen LogP contribution in [0.1, 0.15) is 23.9 Å². The van der Waals surface area contributed by atoms with Gasteiger partial charge < -0.3 is 14.6 Å². The first-order valence-electron chi connectivity index (χ1n) is 9.71. The molecule has 0 saturated heterocycles. The molecular weight excluding hydrogens is 460 g/mol. The van der Waals surface area contributed by atoms with E-state index in [1.165, 1.54) is 6.21 Å². The molecule has 2 N–H and O–H groups in total. The number of halogens is 1. The van der Waals surface area contributed by atoms with Gasteiger partial charge >= 0.3 is 11.8 Å². The molecule has 0 aliphatic rings. The molecule has 0 unspecified atom stereocenters. The van der Waals surface area contributed by atoms with Crippen molar-refractivity contribution in [3.8, 4) is 11.4 Å². The minimum absolute atomic E-state index is 0.491. The van der Waals surface area contributed by atoms with Gasteiger partial charge in [-0.1, -0.05) is 15.9 Å². The SMILES string of the molecule is CCOc1ccc(NC(=O)C(=O)N/N=C\c2cc(C)n(-c3ccc(Br)cc3)c2C)cc1. The van der Waals surface area contributed by atoms with Crippen LogP contribution in [0.5, 0.6) is 5.75 Å². The number of rotatable bonds is 6. The zero-order chi connectivity index (χ0) is 22.4. The van der Waals surface area contributed by atoms with Crippen molar-refractivity contribution < 1.29 is 14.3 Å². The van der Waals surface area contributed by atoms with Crippen LogP contribution < -0.4 is 15.5 Å². The lowest BCUT2D eigenvalue weighted by Crippen LogP contribution is -2.32. The van der Waals surface area contributed by atoms with E-state index in [1.807, 2.05) is 51.1 Å². The van der Waals surface area contributed by atoms with E-state index >= 15 is 0 Å². The number of carbonyl (C=O) groups is 2. The first kappa shape index (κ1) is 22.3. The zero-order valence-electron chi connectivity index (χ0n) is 17.5. The van der Waals surface area contributed by atoms with E-state index in [2.05, 4.69) is 36.3 Å². The van der Waals surface area contributed by atoms with Crippen LogP contribution in [0.3, 0.4) is 0 Å². The summed E-state index contributed by atoms with van der Waals surface area (Å²) in [6, 6.07) is 16.7. The second-order valence-corrected chi connectivity index (χ2v) is 7.66. The maximum Gasteiger partial charge on any atom is 0.329 e. The zero-order valence-corrected chi connectivity index (χ0v) is 19.1. The molecule has 0 bridgehead atoms. The van der Waals surface area contributed by atoms with Crippen LogP contribution in [0, 0.1) is 13.8 Å². The Morgan fingerprint density at radius 2 is 1.74 bits per heavy atom. The highest BCUT2D eigenvalue weighted by atomic mass is 79.9. The van der Waals surface area contributed by atoms with Gasteiger partial charge in [-0.2, -0.15) is 5.10 Å². The summed E-state index contributed by atoms with van der Waals surface area (Å²) >= 11 is 3.44. The molecule has 0 aliphatic heterocycles. The highest BCUT2D eigenvalue weighted by Gasteiger charge is 2.13. The van der Waals surface area contributed by atoms with Gasteiger partial charge in [0.2, 0.25) is 0 Å². The van der Waals surface area contributed by atoms with Crippen LogP contribution >= 0.6 is 15.9 Å². The molecule has 1 aromatic heterocycles. The standard InChI is InChI=1S/C23H23BrN4O3/c1-4-31-21-11-7-19(8-12-21)26-22(29)23(30)27-25-14-17-13-15(2)28(16(17)3)20-9-5-18(24)6-10-20/h5-14H,4H2,1-3H3,(H,26,29)(H,27,30)/b25-14-. The molecule has 3 rings (SSSR count). The summed E-state index contributed by atoms with van der Waals surface area (Å²) in [6.07, 6.45) is 1.53. The summed E-state index contributed by atoms with van der Waals surface area (Å²) < 4.78 is 8.44. The second kappa shape index (κ2) is 10.1. The molecule has 7 nitrogen and oxygen atoms in total. The van der Waals surface area contributed by atoms with Gasteiger partial charge in [0.05, 0.1) is 12.8 Å². The van der Waals surface area contributed by atoms with E-state index in [4.69, 9.17) is 4.74 Å². The topological polar surface area (TPSA) is 84.7 Å². The van der Waals surface area contributed by atoms with Gasteiger partial charge in [-0.15, -0.1) is 0 Å². The molecule has 0 spiro atoms. The molecule has 160 valence electrons. The van der Waals surface area contributed by atoms with Crippen molar-refractivity contribution in [1.29, 1.82) is 0 Å². The smallest absolute Gasteiger partial charge is 0.329 e. The third-order valence-electron chi connectivity index (χ3n) is 4.55. The highest BCUT2D eigenvalue weighted by molar-refractivity contribution is 9.10. The summed E-state index contributed by atoms with van der Waals surface area (Å²) in [6.45, 7) is 6.41. The average Bonchev–Trinajstić information content (AvgIpc) is 3.03. The maximum atomic E-state index is 12.1. The van der Waals surface area contributed by atoms with Crippen molar-refractivity contribution >= 4 is 39.6 Å². The summed E-state index contributed by atoms with van der Waals surface area (Å²) in [7, 11) is 0. The number of amides is 2. The number of ether oxygens (including phenoxy) is 1. The van der Waals surface area contributed by atoms with Crippen molar-refractivity contribution in [2.24, 2.45) is 5.10 Å². The second-order valence-electron chi connectivity index (χ2n) is 6.75. The fourth-order valence-electron chi connectivity index (χ4n) is 3.11. The van der Waals surface area contributed by atoms with Gasteiger partial charge in [-0.05, 0) is 75.4 Å². The number of carbonyl (C=O) groups excluding carboxylic acids is 2. The van der Waals surface area contributed by atoms with E-state index < -0.39 is 11.8 Å². The Morgan fingerprint density at radius 3 is 2.39 bits per heavy atom. The molecular formula is C23H23BrN4O3. The predicted molar refractivity (Wildman–Crippen MR) is 125 cm³/mol. The van der Waals surface area contributed by atoms with Gasteiger partial charge in [-0.25, -0.2) is 5.43 Å². The Morgan fingerprint density at radius 1 is 1.06 bits per heavy atom. The normalized spacial score (nSPS) is 10.8. The number of hydrogen-bond donors (Lipinski definition) is 2. The molecule has 2 amide bonds. The lowest BCUT2D eigenvalue weighted by atomic mass is 10.2. The van der Waals surface area contributed by atoms with Crippen LogP contribution in [0.15, 0.2) is 64.2 Å². The number of aromatic nitrogens is 1. The molecule has 3 aromatic rings. The van der Waals surface area contributed by atoms with Crippen molar-refractivity contribution in [2.45, 2.75) is 20.8 Å². The minimum Gasteiger partial charge on any atom is -0.494 e. The highest BCUT2D eigenvalue weighted by Crippen LogP contribution is 2.21. The molecule has 0 aliphatic carbocycles. The van der Waals surface area contributed by atoms with Crippen LogP contribution in [0.25, 0.3) is 5.69 Å². The number of anilines is 1. The van der Waals surface area contributed by atoms with Crippen molar-refractivity contribution in [2.75, 3.05) is 11.9 Å². The Bertz CT molecular complexity index is 1100. The number of aryl methyl sites for hydroxylation is 1. The largest absolute Gasteiger partial charge is 0.494 e. The Balaban J connectivity index is 1.62. The monoisotopic (exact) mass is 482 g/mol. The maximum absolute atomic E-state index is 12.1. The quantitative estimate of drug-likeness (QED) is 0.311. The Labute approximate surface area is 189 Å². The van der Waals surface area contributed by atoms with Crippen molar-refractivity contribution in [1.82, 2.24) is 9.99 Å². The van der Waals surface area contributed by atoms with Crippen molar-refractivity contribution in [3.63, 3.8) is 0 Å². The van der Waals surface area contributed by atoms with E-state index in [-0.39, 0.29) is 0 Å². The van der Waals surface area contributed by atoms with Gasteiger partial charge in [0, 0.05) is 32.8 Å². The van der Waals surface area contributed by atoms with Crippen molar-refractivity contribution in [3.05, 3.63) is 76.0 Å². The summed E-state index contributed by atoms with van der Waals surface area (Å²) in [5.41, 5.74) is 6.62. The number of nitrogens with zero attached hydrogens (tertiary/aromatic N) is 2.